The quantitative estimate of drug-likeness (QED) is 0.814. The fourth-order valence-electron chi connectivity index (χ4n) is 1.98. The van der Waals surface area contributed by atoms with E-state index in [1.54, 1.807) is 6.20 Å². The Morgan fingerprint density at radius 3 is 2.50 bits per heavy atom. The van der Waals surface area contributed by atoms with E-state index in [1.807, 2.05) is 32.9 Å². The van der Waals surface area contributed by atoms with Crippen LogP contribution in [0.3, 0.4) is 0 Å². The number of nitrogens with two attached hydrogens (primary N) is 1. The van der Waals surface area contributed by atoms with Crippen molar-refractivity contribution in [3.8, 4) is 11.1 Å². The van der Waals surface area contributed by atoms with Gasteiger partial charge in [-0.3, -0.25) is 4.98 Å². The number of halogens is 1. The Morgan fingerprint density at radius 1 is 1.22 bits per heavy atom. The van der Waals surface area contributed by atoms with E-state index in [0.717, 1.165) is 16.8 Å². The SMILES string of the molecule is Cc1ccc(-c2cc(F)cc(C(C)C)c2N)cn1. The Morgan fingerprint density at radius 2 is 1.94 bits per heavy atom. The molecule has 0 aliphatic rings. The fourth-order valence-corrected chi connectivity index (χ4v) is 1.98. The molecule has 1 aromatic heterocycles. The average molecular weight is 244 g/mol. The third-order valence-electron chi connectivity index (χ3n) is 3.02. The highest BCUT2D eigenvalue weighted by atomic mass is 19.1. The second-order valence-electron chi connectivity index (χ2n) is 4.80. The van der Waals surface area contributed by atoms with Crippen molar-refractivity contribution in [2.75, 3.05) is 5.73 Å². The first kappa shape index (κ1) is 12.6. The Hall–Kier alpha value is -1.90. The van der Waals surface area contributed by atoms with E-state index in [1.165, 1.54) is 12.1 Å². The normalized spacial score (nSPS) is 10.9. The van der Waals surface area contributed by atoms with Crippen LogP contribution in [0.5, 0.6) is 0 Å². The maximum Gasteiger partial charge on any atom is 0.124 e. The lowest BCUT2D eigenvalue weighted by molar-refractivity contribution is 0.624. The molecule has 0 radical (unpaired) electrons. The maximum absolute atomic E-state index is 13.7. The van der Waals surface area contributed by atoms with Crippen LogP contribution in [0.2, 0.25) is 0 Å². The molecule has 0 saturated heterocycles. The van der Waals surface area contributed by atoms with Crippen molar-refractivity contribution in [3.05, 3.63) is 47.5 Å². The lowest BCUT2D eigenvalue weighted by Gasteiger charge is -2.14. The summed E-state index contributed by atoms with van der Waals surface area (Å²) in [6, 6.07) is 6.78. The summed E-state index contributed by atoms with van der Waals surface area (Å²) in [6.45, 7) is 5.92. The van der Waals surface area contributed by atoms with Crippen LogP contribution in [-0.4, -0.2) is 4.98 Å². The topological polar surface area (TPSA) is 38.9 Å². The van der Waals surface area contributed by atoms with Gasteiger partial charge in [0.2, 0.25) is 0 Å². The Kier molecular flexibility index (Phi) is 3.32. The van der Waals surface area contributed by atoms with E-state index >= 15 is 0 Å². The predicted octanol–water partition coefficient (Wildman–Crippen LogP) is 3.90. The lowest BCUT2D eigenvalue weighted by atomic mass is 9.95. The van der Waals surface area contributed by atoms with Gasteiger partial charge in [0.15, 0.2) is 0 Å². The Bertz CT molecular complexity index is 559. The van der Waals surface area contributed by atoms with Crippen molar-refractivity contribution in [2.45, 2.75) is 26.7 Å². The number of pyridine rings is 1. The minimum absolute atomic E-state index is 0.192. The minimum Gasteiger partial charge on any atom is -0.398 e. The first-order chi connectivity index (χ1) is 8.49. The van der Waals surface area contributed by atoms with Crippen LogP contribution >= 0.6 is 0 Å². The Labute approximate surface area is 107 Å². The van der Waals surface area contributed by atoms with Crippen molar-refractivity contribution < 1.29 is 4.39 Å². The molecule has 1 aromatic carbocycles. The first-order valence-corrected chi connectivity index (χ1v) is 6.01. The minimum atomic E-state index is -0.261. The van der Waals surface area contributed by atoms with E-state index in [9.17, 15) is 4.39 Å². The molecular formula is C15H17FN2. The van der Waals surface area contributed by atoms with Gasteiger partial charge >= 0.3 is 0 Å². The van der Waals surface area contributed by atoms with Crippen LogP contribution < -0.4 is 5.73 Å². The van der Waals surface area contributed by atoms with Gasteiger partial charge in [0, 0.05) is 28.7 Å². The van der Waals surface area contributed by atoms with Crippen LogP contribution in [0, 0.1) is 12.7 Å². The molecular weight excluding hydrogens is 227 g/mol. The van der Waals surface area contributed by atoms with Crippen molar-refractivity contribution >= 4 is 5.69 Å². The molecule has 0 amide bonds. The molecule has 0 spiro atoms. The second-order valence-corrected chi connectivity index (χ2v) is 4.80. The van der Waals surface area contributed by atoms with Gasteiger partial charge in [-0.05, 0) is 36.6 Å². The zero-order chi connectivity index (χ0) is 13.3. The third-order valence-corrected chi connectivity index (χ3v) is 3.02. The van der Waals surface area contributed by atoms with Gasteiger partial charge in [-0.2, -0.15) is 0 Å². The van der Waals surface area contributed by atoms with E-state index in [4.69, 9.17) is 5.73 Å². The maximum atomic E-state index is 13.7. The molecule has 2 aromatic rings. The highest BCUT2D eigenvalue weighted by Gasteiger charge is 2.12. The van der Waals surface area contributed by atoms with Gasteiger partial charge in [-0.15, -0.1) is 0 Å². The molecule has 3 heteroatoms. The molecule has 0 fully saturated rings. The monoisotopic (exact) mass is 244 g/mol. The summed E-state index contributed by atoms with van der Waals surface area (Å²) in [6.07, 6.45) is 1.73. The lowest BCUT2D eigenvalue weighted by Crippen LogP contribution is -2.00. The summed E-state index contributed by atoms with van der Waals surface area (Å²) in [4.78, 5) is 4.22. The number of anilines is 1. The highest BCUT2D eigenvalue weighted by molar-refractivity contribution is 5.78. The van der Waals surface area contributed by atoms with Crippen molar-refractivity contribution in [1.29, 1.82) is 0 Å². The summed E-state index contributed by atoms with van der Waals surface area (Å²) in [7, 11) is 0. The molecule has 0 unspecified atom stereocenters. The summed E-state index contributed by atoms with van der Waals surface area (Å²) in [5, 5.41) is 0. The summed E-state index contributed by atoms with van der Waals surface area (Å²) in [5.74, 6) is -0.0682. The number of benzene rings is 1. The summed E-state index contributed by atoms with van der Waals surface area (Å²) < 4.78 is 13.7. The van der Waals surface area contributed by atoms with Crippen molar-refractivity contribution in [3.63, 3.8) is 0 Å². The van der Waals surface area contributed by atoms with Crippen LogP contribution in [0.4, 0.5) is 10.1 Å². The summed E-state index contributed by atoms with van der Waals surface area (Å²) in [5.41, 5.74) is 10.1. The van der Waals surface area contributed by atoms with Crippen molar-refractivity contribution in [2.24, 2.45) is 0 Å². The van der Waals surface area contributed by atoms with Gasteiger partial charge in [0.1, 0.15) is 5.82 Å². The standard InChI is InChI=1S/C15H17FN2/c1-9(2)13-6-12(16)7-14(15(13)17)11-5-4-10(3)18-8-11/h4-9H,17H2,1-3H3. The van der Waals surface area contributed by atoms with E-state index < -0.39 is 0 Å². The highest BCUT2D eigenvalue weighted by Crippen LogP contribution is 2.33. The number of aromatic nitrogens is 1. The molecule has 1 heterocycles. The number of nitrogen functional groups attached to an aromatic ring is 1. The van der Waals surface area contributed by atoms with E-state index in [-0.39, 0.29) is 11.7 Å². The van der Waals surface area contributed by atoms with Gasteiger partial charge in [0.25, 0.3) is 0 Å². The molecule has 2 N–H and O–H groups in total. The number of rotatable bonds is 2. The zero-order valence-electron chi connectivity index (χ0n) is 10.9. The largest absolute Gasteiger partial charge is 0.398 e. The number of hydrogen-bond acceptors (Lipinski definition) is 2. The Balaban J connectivity index is 2.60. The van der Waals surface area contributed by atoms with Crippen LogP contribution in [0.1, 0.15) is 31.0 Å². The molecule has 0 aliphatic heterocycles. The van der Waals surface area contributed by atoms with Gasteiger partial charge in [-0.1, -0.05) is 19.9 Å². The smallest absolute Gasteiger partial charge is 0.124 e. The molecule has 2 nitrogen and oxygen atoms in total. The fraction of sp³-hybridized carbons (Fsp3) is 0.267. The van der Waals surface area contributed by atoms with E-state index in [0.29, 0.717) is 11.3 Å². The zero-order valence-corrected chi connectivity index (χ0v) is 10.9. The van der Waals surface area contributed by atoms with E-state index in [2.05, 4.69) is 4.98 Å². The predicted molar refractivity (Wildman–Crippen MR) is 72.9 cm³/mol. The second kappa shape index (κ2) is 4.77. The third kappa shape index (κ3) is 2.35. The van der Waals surface area contributed by atoms with Crippen LogP contribution in [0.15, 0.2) is 30.5 Å². The molecule has 0 atom stereocenters. The molecule has 18 heavy (non-hydrogen) atoms. The summed E-state index contributed by atoms with van der Waals surface area (Å²) >= 11 is 0. The van der Waals surface area contributed by atoms with Gasteiger partial charge in [-0.25, -0.2) is 4.39 Å². The number of hydrogen-bond donors (Lipinski definition) is 1. The van der Waals surface area contributed by atoms with Crippen LogP contribution in [0.25, 0.3) is 11.1 Å². The average Bonchev–Trinajstić information content (AvgIpc) is 2.32. The number of aryl methyl sites for hydroxylation is 1. The number of nitrogens with zero attached hydrogens (tertiary/aromatic N) is 1. The molecule has 94 valence electrons. The molecule has 0 saturated carbocycles. The molecule has 0 aliphatic carbocycles. The van der Waals surface area contributed by atoms with Crippen molar-refractivity contribution in [1.82, 2.24) is 4.98 Å². The van der Waals surface area contributed by atoms with Crippen LogP contribution in [-0.2, 0) is 0 Å². The van der Waals surface area contributed by atoms with Gasteiger partial charge < -0.3 is 5.73 Å². The first-order valence-electron chi connectivity index (χ1n) is 6.01. The molecule has 0 bridgehead atoms. The van der Waals surface area contributed by atoms with Gasteiger partial charge in [0.05, 0.1) is 0 Å². The molecule has 2 rings (SSSR count).